The van der Waals surface area contributed by atoms with Crippen LogP contribution in [0.5, 0.6) is 0 Å². The standard InChI is InChI=1S/C18H19ClN2O5S/c1-12(13-6-4-3-5-7-13)21-17(22)11-26-18(23)14-8-9-15(19)16(10-14)27(24,25)20-2/h3-10,12,20H,11H2,1-2H3,(H,21,22)/t12-/m1/s1. The third-order valence-corrected chi connectivity index (χ3v) is 5.63. The number of carbonyl (C=O) groups excluding carboxylic acids is 2. The highest BCUT2D eigenvalue weighted by atomic mass is 35.5. The molecule has 0 aliphatic carbocycles. The maximum Gasteiger partial charge on any atom is 0.338 e. The molecule has 0 heterocycles. The van der Waals surface area contributed by atoms with Crippen molar-refractivity contribution in [2.24, 2.45) is 0 Å². The first-order valence-corrected chi connectivity index (χ1v) is 9.85. The summed E-state index contributed by atoms with van der Waals surface area (Å²) in [5, 5.41) is 2.68. The van der Waals surface area contributed by atoms with Gasteiger partial charge in [-0.1, -0.05) is 41.9 Å². The molecule has 1 atom stereocenters. The van der Waals surface area contributed by atoms with Crippen LogP contribution >= 0.6 is 11.6 Å². The number of carbonyl (C=O) groups is 2. The first-order chi connectivity index (χ1) is 12.7. The van der Waals surface area contributed by atoms with Gasteiger partial charge in [-0.25, -0.2) is 17.9 Å². The summed E-state index contributed by atoms with van der Waals surface area (Å²) < 4.78 is 30.9. The Hall–Kier alpha value is -2.42. The summed E-state index contributed by atoms with van der Waals surface area (Å²) in [4.78, 5) is 23.9. The van der Waals surface area contributed by atoms with E-state index in [0.29, 0.717) is 0 Å². The van der Waals surface area contributed by atoms with E-state index in [9.17, 15) is 18.0 Å². The van der Waals surface area contributed by atoms with Crippen LogP contribution in [0.2, 0.25) is 5.02 Å². The molecule has 27 heavy (non-hydrogen) atoms. The monoisotopic (exact) mass is 410 g/mol. The minimum Gasteiger partial charge on any atom is -0.452 e. The van der Waals surface area contributed by atoms with E-state index in [4.69, 9.17) is 16.3 Å². The van der Waals surface area contributed by atoms with Gasteiger partial charge in [0.05, 0.1) is 16.6 Å². The number of nitrogens with one attached hydrogen (secondary N) is 2. The van der Waals surface area contributed by atoms with Crippen molar-refractivity contribution in [1.82, 2.24) is 10.0 Å². The van der Waals surface area contributed by atoms with Crippen LogP contribution in [0.3, 0.4) is 0 Å². The molecular weight excluding hydrogens is 392 g/mol. The van der Waals surface area contributed by atoms with E-state index >= 15 is 0 Å². The van der Waals surface area contributed by atoms with E-state index < -0.39 is 28.5 Å². The molecule has 2 aromatic rings. The minimum atomic E-state index is -3.83. The second-order valence-electron chi connectivity index (χ2n) is 5.63. The molecule has 9 heteroatoms. The van der Waals surface area contributed by atoms with Crippen LogP contribution in [-0.4, -0.2) is 33.9 Å². The minimum absolute atomic E-state index is 0.0304. The molecule has 0 aliphatic heterocycles. The molecule has 0 aliphatic rings. The lowest BCUT2D eigenvalue weighted by atomic mass is 10.1. The van der Waals surface area contributed by atoms with Crippen molar-refractivity contribution in [3.8, 4) is 0 Å². The molecule has 0 saturated carbocycles. The van der Waals surface area contributed by atoms with Gasteiger partial charge in [0.1, 0.15) is 4.90 Å². The van der Waals surface area contributed by atoms with Crippen LogP contribution in [0.25, 0.3) is 0 Å². The Labute approximate surface area is 162 Å². The largest absolute Gasteiger partial charge is 0.452 e. The van der Waals surface area contributed by atoms with Gasteiger partial charge in [-0.05, 0) is 37.7 Å². The SMILES string of the molecule is CNS(=O)(=O)c1cc(C(=O)OCC(=O)N[C@H](C)c2ccccc2)ccc1Cl. The zero-order valence-electron chi connectivity index (χ0n) is 14.7. The van der Waals surface area contributed by atoms with Crippen LogP contribution in [0.4, 0.5) is 0 Å². The van der Waals surface area contributed by atoms with Crippen molar-refractivity contribution in [1.29, 1.82) is 0 Å². The second kappa shape index (κ2) is 8.98. The molecular formula is C18H19ClN2O5S. The summed E-state index contributed by atoms with van der Waals surface area (Å²) in [6.07, 6.45) is 0. The van der Waals surface area contributed by atoms with E-state index in [2.05, 4.69) is 10.0 Å². The molecule has 144 valence electrons. The van der Waals surface area contributed by atoms with Crippen LogP contribution in [0.1, 0.15) is 28.9 Å². The molecule has 0 saturated heterocycles. The molecule has 0 bridgehead atoms. The molecule has 2 N–H and O–H groups in total. The smallest absolute Gasteiger partial charge is 0.338 e. The van der Waals surface area contributed by atoms with E-state index in [1.54, 1.807) is 0 Å². The van der Waals surface area contributed by atoms with Gasteiger partial charge in [0, 0.05) is 0 Å². The molecule has 2 aromatic carbocycles. The van der Waals surface area contributed by atoms with Crippen molar-refractivity contribution in [3.63, 3.8) is 0 Å². The molecule has 0 aromatic heterocycles. The van der Waals surface area contributed by atoms with E-state index in [1.165, 1.54) is 19.2 Å². The summed E-state index contributed by atoms with van der Waals surface area (Å²) in [5.41, 5.74) is 0.883. The van der Waals surface area contributed by atoms with Gasteiger partial charge >= 0.3 is 5.97 Å². The zero-order chi connectivity index (χ0) is 20.0. The quantitative estimate of drug-likeness (QED) is 0.682. The van der Waals surface area contributed by atoms with Crippen LogP contribution < -0.4 is 10.0 Å². The maximum absolute atomic E-state index is 12.1. The van der Waals surface area contributed by atoms with E-state index in [-0.39, 0.29) is 21.5 Å². The molecule has 0 radical (unpaired) electrons. The summed E-state index contributed by atoms with van der Waals surface area (Å²) in [6, 6.07) is 12.8. The van der Waals surface area contributed by atoms with Crippen molar-refractivity contribution >= 4 is 33.5 Å². The first kappa shape index (κ1) is 20.9. The number of amides is 1. The van der Waals surface area contributed by atoms with Crippen molar-refractivity contribution < 1.29 is 22.7 Å². The van der Waals surface area contributed by atoms with Crippen LogP contribution in [-0.2, 0) is 19.6 Å². The van der Waals surface area contributed by atoms with E-state index in [1.807, 2.05) is 37.3 Å². The number of esters is 1. The highest BCUT2D eigenvalue weighted by molar-refractivity contribution is 7.89. The lowest BCUT2D eigenvalue weighted by Crippen LogP contribution is -2.31. The average molecular weight is 411 g/mol. The predicted octanol–water partition coefficient (Wildman–Crippen LogP) is 2.28. The van der Waals surface area contributed by atoms with Gasteiger partial charge in [-0.2, -0.15) is 0 Å². The number of sulfonamides is 1. The fourth-order valence-electron chi connectivity index (χ4n) is 2.27. The maximum atomic E-state index is 12.1. The van der Waals surface area contributed by atoms with E-state index in [0.717, 1.165) is 11.6 Å². The summed E-state index contributed by atoms with van der Waals surface area (Å²) in [7, 11) is -2.60. The number of hydrogen-bond donors (Lipinski definition) is 2. The van der Waals surface area contributed by atoms with Gasteiger partial charge in [-0.15, -0.1) is 0 Å². The Balaban J connectivity index is 1.99. The van der Waals surface area contributed by atoms with Crippen molar-refractivity contribution in [2.45, 2.75) is 17.9 Å². The van der Waals surface area contributed by atoms with Gasteiger partial charge in [0.15, 0.2) is 6.61 Å². The van der Waals surface area contributed by atoms with Crippen molar-refractivity contribution in [2.75, 3.05) is 13.7 Å². The van der Waals surface area contributed by atoms with Gasteiger partial charge in [0.2, 0.25) is 10.0 Å². The molecule has 1 amide bonds. The predicted molar refractivity (Wildman–Crippen MR) is 101 cm³/mol. The Morgan fingerprint density at radius 1 is 1.15 bits per heavy atom. The lowest BCUT2D eigenvalue weighted by molar-refractivity contribution is -0.124. The topological polar surface area (TPSA) is 102 Å². The second-order valence-corrected chi connectivity index (χ2v) is 7.89. The first-order valence-electron chi connectivity index (χ1n) is 7.99. The lowest BCUT2D eigenvalue weighted by Gasteiger charge is -2.14. The Bertz CT molecular complexity index is 932. The fraction of sp³-hybridized carbons (Fsp3) is 0.222. The average Bonchev–Trinajstić information content (AvgIpc) is 2.67. The Kier molecular flexibility index (Phi) is 6.95. The number of hydrogen-bond acceptors (Lipinski definition) is 5. The summed E-state index contributed by atoms with van der Waals surface area (Å²) in [6.45, 7) is 1.32. The fourth-order valence-corrected chi connectivity index (χ4v) is 3.52. The van der Waals surface area contributed by atoms with Crippen LogP contribution in [0, 0.1) is 0 Å². The highest BCUT2D eigenvalue weighted by Crippen LogP contribution is 2.22. The normalized spacial score (nSPS) is 12.3. The third-order valence-electron chi connectivity index (χ3n) is 3.74. The molecule has 7 nitrogen and oxygen atoms in total. The molecule has 2 rings (SSSR count). The number of halogens is 1. The van der Waals surface area contributed by atoms with Crippen LogP contribution in [0.15, 0.2) is 53.4 Å². The molecule has 0 unspecified atom stereocenters. The van der Waals surface area contributed by atoms with Crippen molar-refractivity contribution in [3.05, 3.63) is 64.7 Å². The number of benzene rings is 2. The third kappa shape index (κ3) is 5.53. The van der Waals surface area contributed by atoms with Gasteiger partial charge in [0.25, 0.3) is 5.91 Å². The number of ether oxygens (including phenoxy) is 1. The Morgan fingerprint density at radius 2 is 1.81 bits per heavy atom. The summed E-state index contributed by atoms with van der Waals surface area (Å²) in [5.74, 6) is -1.31. The van der Waals surface area contributed by atoms with Gasteiger partial charge < -0.3 is 10.1 Å². The summed E-state index contributed by atoms with van der Waals surface area (Å²) >= 11 is 5.87. The van der Waals surface area contributed by atoms with Gasteiger partial charge in [-0.3, -0.25) is 4.79 Å². The molecule has 0 spiro atoms. The number of rotatable bonds is 7. The highest BCUT2D eigenvalue weighted by Gasteiger charge is 2.20. The Morgan fingerprint density at radius 3 is 2.44 bits per heavy atom. The molecule has 0 fully saturated rings. The zero-order valence-corrected chi connectivity index (χ0v) is 16.3.